The summed E-state index contributed by atoms with van der Waals surface area (Å²) in [6, 6.07) is 0. The molecule has 0 aliphatic rings. The maximum absolute atomic E-state index is 6.06. The Labute approximate surface area is 146 Å². The van der Waals surface area contributed by atoms with Crippen molar-refractivity contribution in [3.63, 3.8) is 0 Å². The quantitative estimate of drug-likeness (QED) is 0.183. The molecule has 0 saturated heterocycles. The fraction of sp³-hybridized carbons (Fsp3) is 0.905. The summed E-state index contributed by atoms with van der Waals surface area (Å²) in [7, 11) is 0. The van der Waals surface area contributed by atoms with Crippen molar-refractivity contribution < 1.29 is 9.22 Å². The monoisotopic (exact) mass is 326 g/mol. The topological polar surface area (TPSA) is 9.23 Å². The van der Waals surface area contributed by atoms with E-state index in [2.05, 4.69) is 41.2 Å². The van der Waals surface area contributed by atoms with Gasteiger partial charge in [-0.3, -0.25) is 0 Å². The summed E-state index contributed by atoms with van der Waals surface area (Å²) in [5, 5.41) is 0. The Hall–Kier alpha value is -0.500. The fourth-order valence-electron chi connectivity index (χ4n) is 3.33. The lowest BCUT2D eigenvalue weighted by Crippen LogP contribution is -2.49. The molecule has 0 aromatic heterocycles. The van der Waals surface area contributed by atoms with Crippen molar-refractivity contribution >= 4 is 0 Å². The van der Waals surface area contributed by atoms with Gasteiger partial charge in [-0.25, -0.2) is 0 Å². The second-order valence-corrected chi connectivity index (χ2v) is 7.18. The molecule has 0 aromatic carbocycles. The zero-order valence-electron chi connectivity index (χ0n) is 16.8. The van der Waals surface area contributed by atoms with E-state index >= 15 is 0 Å². The Bertz CT molecular complexity index is 275. The molecule has 1 unspecified atom stereocenters. The smallest absolute Gasteiger partial charge is 0.144 e. The summed E-state index contributed by atoms with van der Waals surface area (Å²) in [6.07, 6.45) is 12.5. The second kappa shape index (κ2) is 13.9. The predicted octanol–water partition coefficient (Wildman–Crippen LogP) is 6.31. The van der Waals surface area contributed by atoms with Gasteiger partial charge in [0.05, 0.1) is 25.7 Å². The number of likely N-dealkylation sites (N-methyl/N-ethyl adjacent to an activating group) is 1. The average molecular weight is 327 g/mol. The van der Waals surface area contributed by atoms with Crippen LogP contribution in [-0.2, 0) is 4.74 Å². The van der Waals surface area contributed by atoms with Gasteiger partial charge in [-0.05, 0) is 40.5 Å². The van der Waals surface area contributed by atoms with E-state index < -0.39 is 0 Å². The van der Waals surface area contributed by atoms with E-state index in [9.17, 15) is 0 Å². The molecule has 0 aliphatic carbocycles. The number of hydrogen-bond acceptors (Lipinski definition) is 1. The second-order valence-electron chi connectivity index (χ2n) is 7.18. The normalized spacial score (nSPS) is 13.1. The minimum Gasteiger partial charge on any atom is -0.490 e. The zero-order valence-corrected chi connectivity index (χ0v) is 16.8. The predicted molar refractivity (Wildman–Crippen MR) is 104 cm³/mol. The van der Waals surface area contributed by atoms with Crippen LogP contribution >= 0.6 is 0 Å². The number of quaternary nitrogens is 1. The molecule has 138 valence electrons. The van der Waals surface area contributed by atoms with Gasteiger partial charge < -0.3 is 9.22 Å². The van der Waals surface area contributed by atoms with E-state index in [1.165, 1.54) is 57.8 Å². The van der Waals surface area contributed by atoms with Crippen LogP contribution in [0, 0.1) is 0 Å². The highest BCUT2D eigenvalue weighted by atomic mass is 16.5. The van der Waals surface area contributed by atoms with Crippen molar-refractivity contribution in [1.82, 2.24) is 0 Å². The molecule has 0 saturated carbocycles. The SMILES string of the molecule is C=C(C[N+](CC)(CC)CC)OC(C)CCCCCCCCCC. The van der Waals surface area contributed by atoms with E-state index in [-0.39, 0.29) is 0 Å². The van der Waals surface area contributed by atoms with Gasteiger partial charge in [0.2, 0.25) is 0 Å². The van der Waals surface area contributed by atoms with Crippen molar-refractivity contribution in [3.05, 3.63) is 12.3 Å². The summed E-state index contributed by atoms with van der Waals surface area (Å²) in [6.45, 7) is 19.9. The third-order valence-corrected chi connectivity index (χ3v) is 5.36. The minimum absolute atomic E-state index is 0.315. The van der Waals surface area contributed by atoms with E-state index in [1.807, 2.05) is 0 Å². The van der Waals surface area contributed by atoms with E-state index in [0.717, 1.165) is 36.4 Å². The average Bonchev–Trinajstić information content (AvgIpc) is 2.55. The van der Waals surface area contributed by atoms with E-state index in [1.54, 1.807) is 0 Å². The van der Waals surface area contributed by atoms with Gasteiger partial charge in [-0.2, -0.15) is 0 Å². The number of unbranched alkanes of at least 4 members (excludes halogenated alkanes) is 7. The summed E-state index contributed by atoms with van der Waals surface area (Å²) in [5.41, 5.74) is 0. The van der Waals surface area contributed by atoms with Gasteiger partial charge >= 0.3 is 0 Å². The third-order valence-electron chi connectivity index (χ3n) is 5.36. The van der Waals surface area contributed by atoms with Gasteiger partial charge in [0.1, 0.15) is 12.3 Å². The van der Waals surface area contributed by atoms with Crippen LogP contribution < -0.4 is 0 Å². The van der Waals surface area contributed by atoms with Crippen LogP contribution in [0.25, 0.3) is 0 Å². The standard InChI is InChI=1S/C21H44NO/c1-7-11-12-13-14-15-16-17-18-20(5)23-21(6)19-22(8-2,9-3)10-4/h20H,6-19H2,1-5H3/q+1. The van der Waals surface area contributed by atoms with Gasteiger partial charge in [0, 0.05) is 0 Å². The first-order valence-corrected chi connectivity index (χ1v) is 10.2. The Balaban J connectivity index is 3.76. The van der Waals surface area contributed by atoms with Crippen LogP contribution in [0.5, 0.6) is 0 Å². The molecule has 0 aliphatic heterocycles. The molecule has 0 aromatic rings. The van der Waals surface area contributed by atoms with Crippen LogP contribution in [0.3, 0.4) is 0 Å². The maximum atomic E-state index is 6.06. The van der Waals surface area contributed by atoms with Crippen molar-refractivity contribution in [3.8, 4) is 0 Å². The molecule has 0 fully saturated rings. The highest BCUT2D eigenvalue weighted by Crippen LogP contribution is 2.16. The molecule has 0 bridgehead atoms. The van der Waals surface area contributed by atoms with Gasteiger partial charge in [0.15, 0.2) is 0 Å². The maximum Gasteiger partial charge on any atom is 0.144 e. The van der Waals surface area contributed by atoms with Crippen LogP contribution in [0.15, 0.2) is 12.3 Å². The zero-order chi connectivity index (χ0) is 17.6. The van der Waals surface area contributed by atoms with Crippen LogP contribution in [0.2, 0.25) is 0 Å². The van der Waals surface area contributed by atoms with Crippen LogP contribution in [0.1, 0.15) is 92.4 Å². The third kappa shape index (κ3) is 10.8. The first-order chi connectivity index (χ1) is 11.0. The molecule has 0 rings (SSSR count). The number of ether oxygens (including phenoxy) is 1. The molecule has 2 nitrogen and oxygen atoms in total. The molecule has 2 heteroatoms. The van der Waals surface area contributed by atoms with E-state index in [0.29, 0.717) is 6.10 Å². The molecule has 0 radical (unpaired) electrons. The van der Waals surface area contributed by atoms with Gasteiger partial charge in [-0.15, -0.1) is 0 Å². The molecule has 23 heavy (non-hydrogen) atoms. The van der Waals surface area contributed by atoms with Gasteiger partial charge in [-0.1, -0.05) is 58.4 Å². The first-order valence-electron chi connectivity index (χ1n) is 10.2. The van der Waals surface area contributed by atoms with Crippen molar-refractivity contribution in [2.45, 2.75) is 98.5 Å². The summed E-state index contributed by atoms with van der Waals surface area (Å²) < 4.78 is 7.15. The summed E-state index contributed by atoms with van der Waals surface area (Å²) >= 11 is 0. The first kappa shape index (κ1) is 22.5. The highest BCUT2D eigenvalue weighted by Gasteiger charge is 2.23. The van der Waals surface area contributed by atoms with Crippen molar-refractivity contribution in [2.75, 3.05) is 26.2 Å². The molecule has 1 atom stereocenters. The number of nitrogens with zero attached hydrogens (tertiary/aromatic N) is 1. The molecule has 0 spiro atoms. The molecular formula is C21H44NO+. The lowest BCUT2D eigenvalue weighted by atomic mass is 10.1. The minimum atomic E-state index is 0.315. The summed E-state index contributed by atoms with van der Waals surface area (Å²) in [4.78, 5) is 0. The number of rotatable bonds is 16. The molecule has 0 N–H and O–H groups in total. The molecule has 0 heterocycles. The number of hydrogen-bond donors (Lipinski definition) is 0. The lowest BCUT2D eigenvalue weighted by Gasteiger charge is -2.36. The van der Waals surface area contributed by atoms with Crippen molar-refractivity contribution in [2.24, 2.45) is 0 Å². The Morgan fingerprint density at radius 1 is 0.826 bits per heavy atom. The molecule has 0 amide bonds. The Kier molecular flexibility index (Phi) is 13.6. The largest absolute Gasteiger partial charge is 0.490 e. The Morgan fingerprint density at radius 2 is 1.30 bits per heavy atom. The van der Waals surface area contributed by atoms with E-state index in [4.69, 9.17) is 4.74 Å². The van der Waals surface area contributed by atoms with Crippen molar-refractivity contribution in [1.29, 1.82) is 0 Å². The highest BCUT2D eigenvalue weighted by molar-refractivity contribution is 4.84. The fourth-order valence-corrected chi connectivity index (χ4v) is 3.33. The molecular weight excluding hydrogens is 282 g/mol. The van der Waals surface area contributed by atoms with Crippen LogP contribution in [-0.4, -0.2) is 36.8 Å². The Morgan fingerprint density at radius 3 is 1.78 bits per heavy atom. The van der Waals surface area contributed by atoms with Crippen LogP contribution in [0.4, 0.5) is 0 Å². The summed E-state index contributed by atoms with van der Waals surface area (Å²) in [5.74, 6) is 0.975. The van der Waals surface area contributed by atoms with Gasteiger partial charge in [0.25, 0.3) is 0 Å². The lowest BCUT2D eigenvalue weighted by molar-refractivity contribution is -0.920.